The van der Waals surface area contributed by atoms with Crippen LogP contribution in [-0.4, -0.2) is 50.0 Å². The number of benzene rings is 3. The highest BCUT2D eigenvalue weighted by Gasteiger charge is 2.34. The Morgan fingerprint density at radius 3 is 2.10 bits per heavy atom. The molecule has 2 amide bonds. The van der Waals surface area contributed by atoms with Crippen molar-refractivity contribution in [3.63, 3.8) is 0 Å². The van der Waals surface area contributed by atoms with Crippen molar-refractivity contribution in [3.05, 3.63) is 98.4 Å². The summed E-state index contributed by atoms with van der Waals surface area (Å²) < 4.78 is 27.5. The van der Waals surface area contributed by atoms with Gasteiger partial charge in [-0.2, -0.15) is 0 Å². The minimum absolute atomic E-state index is 0.0965. The molecule has 0 radical (unpaired) electrons. The van der Waals surface area contributed by atoms with Crippen LogP contribution in [0.3, 0.4) is 0 Å². The van der Waals surface area contributed by atoms with Gasteiger partial charge in [-0.15, -0.1) is 0 Å². The predicted molar refractivity (Wildman–Crippen MR) is 165 cm³/mol. The van der Waals surface area contributed by atoms with E-state index in [2.05, 4.69) is 21.2 Å². The third-order valence-corrected chi connectivity index (χ3v) is 8.83. The second-order valence-corrected chi connectivity index (χ2v) is 13.1. The molecule has 2 atom stereocenters. The summed E-state index contributed by atoms with van der Waals surface area (Å²) in [5, 5.41) is 3.65. The Morgan fingerprint density at radius 1 is 0.950 bits per heavy atom. The maximum atomic E-state index is 14.1. The molecule has 0 aliphatic carbocycles. The lowest BCUT2D eigenvalue weighted by molar-refractivity contribution is -0.140. The highest BCUT2D eigenvalue weighted by Crippen LogP contribution is 2.28. The zero-order chi connectivity index (χ0) is 29.4. The third-order valence-electron chi connectivity index (χ3n) is 6.46. The topological polar surface area (TPSA) is 86.8 Å². The van der Waals surface area contributed by atoms with Crippen LogP contribution in [0.5, 0.6) is 0 Å². The normalized spacial score (nSPS) is 12.8. The second kappa shape index (κ2) is 14.3. The van der Waals surface area contributed by atoms with E-state index in [0.717, 1.165) is 20.6 Å². The number of anilines is 1. The van der Waals surface area contributed by atoms with Crippen molar-refractivity contribution in [2.45, 2.75) is 45.3 Å². The molecule has 0 aliphatic heterocycles. The summed E-state index contributed by atoms with van der Waals surface area (Å²) in [6, 6.07) is 19.8. The van der Waals surface area contributed by atoms with Crippen molar-refractivity contribution >= 4 is 66.7 Å². The van der Waals surface area contributed by atoms with E-state index in [9.17, 15) is 18.0 Å². The smallest absolute Gasteiger partial charge is 0.244 e. The summed E-state index contributed by atoms with van der Waals surface area (Å²) in [5.41, 5.74) is 1.62. The molecule has 3 aromatic rings. The molecule has 0 spiro atoms. The molecule has 0 saturated heterocycles. The third kappa shape index (κ3) is 8.70. The fourth-order valence-electron chi connectivity index (χ4n) is 4.07. The fraction of sp³-hybridized carbons (Fsp3) is 0.310. The van der Waals surface area contributed by atoms with E-state index in [-0.39, 0.29) is 24.9 Å². The molecular formula is C29H32BrCl2N3O4S. The van der Waals surface area contributed by atoms with Crippen LogP contribution in [0.4, 0.5) is 5.69 Å². The summed E-state index contributed by atoms with van der Waals surface area (Å²) >= 11 is 16.3. The SMILES string of the molecule is CCC(C)NC(=O)C(Cc1ccccc1)N(Cc1c(Cl)cccc1Cl)C(=O)CN(c1ccc(Br)cc1)S(C)(=O)=O. The number of rotatable bonds is 12. The molecule has 11 heteroatoms. The van der Waals surface area contributed by atoms with E-state index in [4.69, 9.17) is 23.2 Å². The first-order valence-electron chi connectivity index (χ1n) is 12.7. The molecule has 1 N–H and O–H groups in total. The first-order chi connectivity index (χ1) is 18.9. The van der Waals surface area contributed by atoms with Crippen LogP contribution in [-0.2, 0) is 32.6 Å². The average molecular weight is 669 g/mol. The van der Waals surface area contributed by atoms with Gasteiger partial charge in [-0.1, -0.05) is 82.5 Å². The highest BCUT2D eigenvalue weighted by molar-refractivity contribution is 9.10. The van der Waals surface area contributed by atoms with Crippen molar-refractivity contribution in [3.8, 4) is 0 Å². The summed E-state index contributed by atoms with van der Waals surface area (Å²) in [7, 11) is -3.86. The van der Waals surface area contributed by atoms with Crippen LogP contribution in [0.15, 0.2) is 77.3 Å². The lowest BCUT2D eigenvalue weighted by Gasteiger charge is -2.34. The molecule has 0 fully saturated rings. The van der Waals surface area contributed by atoms with Crippen LogP contribution in [0, 0.1) is 0 Å². The number of hydrogen-bond donors (Lipinski definition) is 1. The zero-order valence-corrected chi connectivity index (χ0v) is 26.4. The van der Waals surface area contributed by atoms with E-state index < -0.39 is 28.5 Å². The Labute approximate surface area is 254 Å². The number of halogens is 3. The molecule has 0 bridgehead atoms. The summed E-state index contributed by atoms with van der Waals surface area (Å²) in [5.74, 6) is -0.936. The number of nitrogens with zero attached hydrogens (tertiary/aromatic N) is 2. The van der Waals surface area contributed by atoms with Crippen molar-refractivity contribution in [1.82, 2.24) is 10.2 Å². The van der Waals surface area contributed by atoms with Gasteiger partial charge in [-0.05, 0) is 55.3 Å². The van der Waals surface area contributed by atoms with Gasteiger partial charge in [0.05, 0.1) is 11.9 Å². The molecule has 0 aromatic heterocycles. The van der Waals surface area contributed by atoms with Crippen LogP contribution in [0.25, 0.3) is 0 Å². The average Bonchev–Trinajstić information content (AvgIpc) is 2.91. The van der Waals surface area contributed by atoms with E-state index >= 15 is 0 Å². The minimum atomic E-state index is -3.86. The Balaban J connectivity index is 2.10. The van der Waals surface area contributed by atoms with Gasteiger partial charge in [0.1, 0.15) is 12.6 Å². The van der Waals surface area contributed by atoms with Gasteiger partial charge in [0.2, 0.25) is 21.8 Å². The minimum Gasteiger partial charge on any atom is -0.352 e. The van der Waals surface area contributed by atoms with Gasteiger partial charge in [0.25, 0.3) is 0 Å². The molecule has 0 aliphatic rings. The number of amides is 2. The lowest BCUT2D eigenvalue weighted by atomic mass is 10.0. The molecule has 0 saturated carbocycles. The highest BCUT2D eigenvalue weighted by atomic mass is 79.9. The van der Waals surface area contributed by atoms with E-state index in [0.29, 0.717) is 27.7 Å². The number of carbonyl (C=O) groups excluding carboxylic acids is 2. The molecule has 0 heterocycles. The van der Waals surface area contributed by atoms with Gasteiger partial charge in [-0.3, -0.25) is 13.9 Å². The zero-order valence-electron chi connectivity index (χ0n) is 22.5. The van der Waals surface area contributed by atoms with Gasteiger partial charge in [-0.25, -0.2) is 8.42 Å². The van der Waals surface area contributed by atoms with E-state index in [1.165, 1.54) is 4.90 Å². The maximum absolute atomic E-state index is 14.1. The number of hydrogen-bond acceptors (Lipinski definition) is 4. The van der Waals surface area contributed by atoms with Crippen molar-refractivity contribution in [2.75, 3.05) is 17.1 Å². The molecular weight excluding hydrogens is 637 g/mol. The monoisotopic (exact) mass is 667 g/mol. The van der Waals surface area contributed by atoms with Crippen LogP contribution >= 0.6 is 39.1 Å². The van der Waals surface area contributed by atoms with Crippen LogP contribution in [0.2, 0.25) is 10.0 Å². The van der Waals surface area contributed by atoms with E-state index in [1.54, 1.807) is 42.5 Å². The number of sulfonamides is 1. The molecule has 2 unspecified atom stereocenters. The molecule has 7 nitrogen and oxygen atoms in total. The molecule has 40 heavy (non-hydrogen) atoms. The Hall–Kier alpha value is -2.59. The Bertz CT molecular complexity index is 1400. The molecule has 3 rings (SSSR count). The van der Waals surface area contributed by atoms with E-state index in [1.807, 2.05) is 44.2 Å². The second-order valence-electron chi connectivity index (χ2n) is 9.49. The predicted octanol–water partition coefficient (Wildman–Crippen LogP) is 6.08. The molecule has 3 aromatic carbocycles. The number of nitrogens with one attached hydrogen (secondary N) is 1. The van der Waals surface area contributed by atoms with Gasteiger partial charge in [0.15, 0.2) is 0 Å². The number of carbonyl (C=O) groups is 2. The summed E-state index contributed by atoms with van der Waals surface area (Å²) in [6.07, 6.45) is 1.93. The fourth-order valence-corrected chi connectivity index (χ4v) is 5.70. The van der Waals surface area contributed by atoms with Gasteiger partial charge in [0, 0.05) is 39.1 Å². The maximum Gasteiger partial charge on any atom is 0.244 e. The standard InChI is InChI=1S/C29H32BrCl2N3O4S/c1-4-20(2)33-29(37)27(17-21-9-6-5-7-10-21)34(18-24-25(31)11-8-12-26(24)32)28(36)19-35(40(3,38)39)23-15-13-22(30)14-16-23/h5-16,20,27H,4,17-19H2,1-3H3,(H,33,37). The molecule has 214 valence electrons. The van der Waals surface area contributed by atoms with Crippen molar-refractivity contribution in [1.29, 1.82) is 0 Å². The van der Waals surface area contributed by atoms with Crippen molar-refractivity contribution in [2.24, 2.45) is 0 Å². The van der Waals surface area contributed by atoms with Gasteiger partial charge < -0.3 is 10.2 Å². The summed E-state index contributed by atoms with van der Waals surface area (Å²) in [6.45, 7) is 3.21. The first-order valence-corrected chi connectivity index (χ1v) is 16.1. The van der Waals surface area contributed by atoms with Gasteiger partial charge >= 0.3 is 0 Å². The Kier molecular flexibility index (Phi) is 11.5. The van der Waals surface area contributed by atoms with Crippen LogP contribution in [0.1, 0.15) is 31.4 Å². The van der Waals surface area contributed by atoms with Crippen molar-refractivity contribution < 1.29 is 18.0 Å². The quantitative estimate of drug-likeness (QED) is 0.254. The Morgan fingerprint density at radius 2 is 1.55 bits per heavy atom. The summed E-state index contributed by atoms with van der Waals surface area (Å²) in [4.78, 5) is 29.2. The van der Waals surface area contributed by atoms with Crippen LogP contribution < -0.4 is 9.62 Å². The lowest BCUT2D eigenvalue weighted by Crippen LogP contribution is -2.54. The largest absolute Gasteiger partial charge is 0.352 e. The first kappa shape index (κ1) is 31.9.